The van der Waals surface area contributed by atoms with E-state index in [1.54, 1.807) is 12.6 Å². The highest BCUT2D eigenvalue weighted by atomic mass is 35.5. The van der Waals surface area contributed by atoms with Gasteiger partial charge in [-0.15, -0.1) is 11.6 Å². The Morgan fingerprint density at radius 2 is 2.31 bits per heavy atom. The van der Waals surface area contributed by atoms with Crippen LogP contribution >= 0.6 is 11.6 Å². The van der Waals surface area contributed by atoms with Crippen LogP contribution in [0, 0.1) is 0 Å². The number of imidazole rings is 1. The number of oxazole rings is 1. The standard InChI is InChI=1S/C8H8ClN3O/c9-1-7-2-12(5-10-7)3-8-4-13-6-11-8/h2,4-6H,1,3H2. The van der Waals surface area contributed by atoms with Crippen LogP contribution < -0.4 is 0 Å². The molecule has 2 rings (SSSR count). The van der Waals surface area contributed by atoms with Crippen molar-refractivity contribution in [2.75, 3.05) is 0 Å². The smallest absolute Gasteiger partial charge is 0.180 e. The molecule has 0 aliphatic rings. The summed E-state index contributed by atoms with van der Waals surface area (Å²) in [7, 11) is 0. The Hall–Kier alpha value is -1.29. The minimum Gasteiger partial charge on any atom is -0.451 e. The van der Waals surface area contributed by atoms with E-state index >= 15 is 0 Å². The first-order valence-electron chi connectivity index (χ1n) is 3.82. The van der Waals surface area contributed by atoms with Gasteiger partial charge >= 0.3 is 0 Å². The lowest BCUT2D eigenvalue weighted by Gasteiger charge is -1.95. The molecular weight excluding hydrogens is 190 g/mol. The van der Waals surface area contributed by atoms with Crippen molar-refractivity contribution in [2.45, 2.75) is 12.4 Å². The van der Waals surface area contributed by atoms with Crippen molar-refractivity contribution in [3.8, 4) is 0 Å². The first-order valence-corrected chi connectivity index (χ1v) is 4.35. The first-order chi connectivity index (χ1) is 6.38. The number of halogens is 1. The van der Waals surface area contributed by atoms with E-state index in [9.17, 15) is 0 Å². The Morgan fingerprint density at radius 1 is 1.38 bits per heavy atom. The van der Waals surface area contributed by atoms with E-state index in [1.165, 1.54) is 6.39 Å². The highest BCUT2D eigenvalue weighted by molar-refractivity contribution is 6.16. The maximum Gasteiger partial charge on any atom is 0.180 e. The molecule has 13 heavy (non-hydrogen) atoms. The maximum absolute atomic E-state index is 5.61. The van der Waals surface area contributed by atoms with Crippen LogP contribution in [0.4, 0.5) is 0 Å². The second kappa shape index (κ2) is 3.62. The molecule has 0 radical (unpaired) electrons. The molecule has 0 bridgehead atoms. The molecule has 2 aromatic heterocycles. The fourth-order valence-corrected chi connectivity index (χ4v) is 1.20. The second-order valence-electron chi connectivity index (χ2n) is 2.65. The summed E-state index contributed by atoms with van der Waals surface area (Å²) in [6.45, 7) is 0.667. The van der Waals surface area contributed by atoms with Crippen LogP contribution in [0.1, 0.15) is 11.4 Å². The summed E-state index contributed by atoms with van der Waals surface area (Å²) in [5, 5.41) is 0. The summed E-state index contributed by atoms with van der Waals surface area (Å²) in [6.07, 6.45) is 6.64. The van der Waals surface area contributed by atoms with Crippen molar-refractivity contribution >= 4 is 11.6 Å². The zero-order valence-electron chi connectivity index (χ0n) is 6.85. The number of alkyl halides is 1. The van der Waals surface area contributed by atoms with Crippen LogP contribution in [0.3, 0.4) is 0 Å². The average Bonchev–Trinajstić information content (AvgIpc) is 2.76. The minimum atomic E-state index is 0.436. The van der Waals surface area contributed by atoms with E-state index in [1.807, 2.05) is 10.8 Å². The van der Waals surface area contributed by atoms with Gasteiger partial charge in [-0.2, -0.15) is 0 Å². The zero-order chi connectivity index (χ0) is 9.10. The molecule has 5 heteroatoms. The van der Waals surface area contributed by atoms with Gasteiger partial charge in [0.2, 0.25) is 0 Å². The van der Waals surface area contributed by atoms with Crippen LogP contribution in [-0.4, -0.2) is 14.5 Å². The van der Waals surface area contributed by atoms with Gasteiger partial charge in [0.1, 0.15) is 6.26 Å². The van der Waals surface area contributed by atoms with Gasteiger partial charge in [-0.05, 0) is 0 Å². The lowest BCUT2D eigenvalue weighted by molar-refractivity contribution is 0.555. The number of aromatic nitrogens is 3. The van der Waals surface area contributed by atoms with E-state index in [4.69, 9.17) is 16.0 Å². The third-order valence-electron chi connectivity index (χ3n) is 1.65. The van der Waals surface area contributed by atoms with Gasteiger partial charge in [-0.1, -0.05) is 0 Å². The van der Waals surface area contributed by atoms with Gasteiger partial charge in [0, 0.05) is 6.20 Å². The van der Waals surface area contributed by atoms with Crippen molar-refractivity contribution in [3.63, 3.8) is 0 Å². The predicted molar refractivity (Wildman–Crippen MR) is 47.4 cm³/mol. The van der Waals surface area contributed by atoms with E-state index in [0.29, 0.717) is 12.4 Å². The quantitative estimate of drug-likeness (QED) is 0.703. The summed E-state index contributed by atoms with van der Waals surface area (Å²) in [4.78, 5) is 8.09. The molecular formula is C8H8ClN3O. The summed E-state index contributed by atoms with van der Waals surface area (Å²) in [5.74, 6) is 0.436. The van der Waals surface area contributed by atoms with Crippen LogP contribution in [0.15, 0.2) is 29.6 Å². The molecule has 0 atom stereocenters. The number of nitrogens with zero attached hydrogens (tertiary/aromatic N) is 3. The van der Waals surface area contributed by atoms with Crippen LogP contribution in [-0.2, 0) is 12.4 Å². The van der Waals surface area contributed by atoms with Gasteiger partial charge < -0.3 is 8.98 Å². The largest absolute Gasteiger partial charge is 0.451 e. The fraction of sp³-hybridized carbons (Fsp3) is 0.250. The maximum atomic E-state index is 5.61. The van der Waals surface area contributed by atoms with Gasteiger partial charge in [0.25, 0.3) is 0 Å². The lowest BCUT2D eigenvalue weighted by atomic mass is 10.5. The Bertz CT molecular complexity index is 368. The van der Waals surface area contributed by atoms with Crippen LogP contribution in [0.25, 0.3) is 0 Å². The van der Waals surface area contributed by atoms with Crippen LogP contribution in [0.5, 0.6) is 0 Å². The van der Waals surface area contributed by atoms with Crippen LogP contribution in [0.2, 0.25) is 0 Å². The predicted octanol–water partition coefficient (Wildman–Crippen LogP) is 1.66. The molecule has 0 saturated heterocycles. The molecule has 0 aliphatic carbocycles. The second-order valence-corrected chi connectivity index (χ2v) is 2.92. The highest BCUT2D eigenvalue weighted by Crippen LogP contribution is 2.03. The molecule has 2 heterocycles. The molecule has 0 aromatic carbocycles. The Labute approximate surface area is 80.2 Å². The lowest BCUT2D eigenvalue weighted by Crippen LogP contribution is -1.95. The van der Waals surface area contributed by atoms with Gasteiger partial charge in [0.05, 0.1) is 30.1 Å². The average molecular weight is 198 g/mol. The number of rotatable bonds is 3. The summed E-state index contributed by atoms with van der Waals surface area (Å²) in [6, 6.07) is 0. The van der Waals surface area contributed by atoms with Crippen molar-refractivity contribution < 1.29 is 4.42 Å². The first kappa shape index (κ1) is 8.31. The SMILES string of the molecule is ClCc1cn(Cc2cocn2)cn1. The molecule has 68 valence electrons. The van der Waals surface area contributed by atoms with E-state index in [-0.39, 0.29) is 0 Å². The molecule has 0 aliphatic heterocycles. The van der Waals surface area contributed by atoms with Crippen molar-refractivity contribution in [1.82, 2.24) is 14.5 Å². The molecule has 0 amide bonds. The normalized spacial score (nSPS) is 10.5. The number of hydrogen-bond donors (Lipinski definition) is 0. The minimum absolute atomic E-state index is 0.436. The van der Waals surface area contributed by atoms with E-state index in [0.717, 1.165) is 11.4 Å². The Kier molecular flexibility index (Phi) is 2.31. The summed E-state index contributed by atoms with van der Waals surface area (Å²) >= 11 is 5.61. The zero-order valence-corrected chi connectivity index (χ0v) is 7.61. The van der Waals surface area contributed by atoms with Gasteiger partial charge in [-0.3, -0.25) is 0 Å². The Balaban J connectivity index is 2.10. The third kappa shape index (κ3) is 1.89. The molecule has 0 saturated carbocycles. The summed E-state index contributed by atoms with van der Waals surface area (Å²) in [5.41, 5.74) is 1.74. The van der Waals surface area contributed by atoms with Crippen molar-refractivity contribution in [1.29, 1.82) is 0 Å². The molecule has 0 fully saturated rings. The highest BCUT2D eigenvalue weighted by Gasteiger charge is 1.99. The molecule has 2 aromatic rings. The van der Waals surface area contributed by atoms with Gasteiger partial charge in [-0.25, -0.2) is 9.97 Å². The Morgan fingerprint density at radius 3 is 2.92 bits per heavy atom. The molecule has 4 nitrogen and oxygen atoms in total. The molecule has 0 unspecified atom stereocenters. The monoisotopic (exact) mass is 197 g/mol. The number of hydrogen-bond acceptors (Lipinski definition) is 3. The van der Waals surface area contributed by atoms with Gasteiger partial charge in [0.15, 0.2) is 6.39 Å². The summed E-state index contributed by atoms with van der Waals surface area (Å²) < 4.78 is 6.76. The van der Waals surface area contributed by atoms with E-state index in [2.05, 4.69) is 9.97 Å². The van der Waals surface area contributed by atoms with E-state index < -0.39 is 0 Å². The molecule has 0 spiro atoms. The molecule has 0 N–H and O–H groups in total. The van der Waals surface area contributed by atoms with Crippen molar-refractivity contribution in [3.05, 3.63) is 36.6 Å². The topological polar surface area (TPSA) is 43.9 Å². The fourth-order valence-electron chi connectivity index (χ4n) is 1.06. The third-order valence-corrected chi connectivity index (χ3v) is 1.93. The van der Waals surface area contributed by atoms with Crippen molar-refractivity contribution in [2.24, 2.45) is 0 Å².